The van der Waals surface area contributed by atoms with Crippen molar-refractivity contribution in [2.75, 3.05) is 0 Å². The second-order valence-electron chi connectivity index (χ2n) is 3.69. The van der Waals surface area contributed by atoms with Gasteiger partial charge in [0.25, 0.3) is 0 Å². The molecule has 0 fully saturated rings. The molecule has 0 atom stereocenters. The highest BCUT2D eigenvalue weighted by atomic mass is 79.9. The maximum atomic E-state index is 9.24. The van der Waals surface area contributed by atoms with Crippen molar-refractivity contribution in [1.29, 1.82) is 0 Å². The summed E-state index contributed by atoms with van der Waals surface area (Å²) in [5, 5.41) is 9.24. The third kappa shape index (κ3) is 1.90. The predicted molar refractivity (Wildman–Crippen MR) is 67.0 cm³/mol. The van der Waals surface area contributed by atoms with Crippen molar-refractivity contribution in [3.8, 4) is 11.4 Å². The van der Waals surface area contributed by atoms with Crippen LogP contribution in [0.3, 0.4) is 0 Å². The number of aryl methyl sites for hydroxylation is 1. The minimum Gasteiger partial charge on any atom is -0.390 e. The van der Waals surface area contributed by atoms with Gasteiger partial charge in [0.1, 0.15) is 5.82 Å². The lowest BCUT2D eigenvalue weighted by molar-refractivity contribution is 0.272. The van der Waals surface area contributed by atoms with Crippen molar-refractivity contribution < 1.29 is 5.11 Å². The fourth-order valence-corrected chi connectivity index (χ4v) is 2.01. The summed E-state index contributed by atoms with van der Waals surface area (Å²) in [7, 11) is 1.92. The molecule has 3 nitrogen and oxygen atoms in total. The topological polar surface area (TPSA) is 38.0 Å². The average Bonchev–Trinajstić information content (AvgIpc) is 2.55. The quantitative estimate of drug-likeness (QED) is 0.919. The van der Waals surface area contributed by atoms with Crippen molar-refractivity contribution in [3.05, 3.63) is 40.1 Å². The zero-order chi connectivity index (χ0) is 11.7. The van der Waals surface area contributed by atoms with E-state index in [1.165, 1.54) is 0 Å². The Labute approximate surface area is 103 Å². The van der Waals surface area contributed by atoms with Crippen LogP contribution >= 0.6 is 15.9 Å². The Kier molecular flexibility index (Phi) is 3.12. The molecule has 0 aliphatic carbocycles. The fraction of sp³-hybridized carbons (Fsp3) is 0.250. The molecular weight excluding hydrogens is 268 g/mol. The molecule has 1 aromatic carbocycles. The molecule has 0 saturated carbocycles. The van der Waals surface area contributed by atoms with Gasteiger partial charge in [-0.1, -0.05) is 28.1 Å². The number of imidazole rings is 1. The Morgan fingerprint density at radius 1 is 1.31 bits per heavy atom. The van der Waals surface area contributed by atoms with Gasteiger partial charge in [0.15, 0.2) is 0 Å². The smallest absolute Gasteiger partial charge is 0.140 e. The van der Waals surface area contributed by atoms with Gasteiger partial charge < -0.3 is 9.67 Å². The minimum atomic E-state index is 0.0197. The van der Waals surface area contributed by atoms with Crippen molar-refractivity contribution in [2.45, 2.75) is 13.5 Å². The Balaban J connectivity index is 2.52. The number of aromatic nitrogens is 2. The molecule has 1 N–H and O–H groups in total. The number of aliphatic hydroxyl groups is 1. The minimum absolute atomic E-state index is 0.0197. The molecule has 0 radical (unpaired) electrons. The first-order valence-corrected chi connectivity index (χ1v) is 5.81. The van der Waals surface area contributed by atoms with Crippen LogP contribution in [0.1, 0.15) is 11.4 Å². The lowest BCUT2D eigenvalue weighted by Crippen LogP contribution is -1.99. The van der Waals surface area contributed by atoms with Crippen LogP contribution in [-0.4, -0.2) is 14.7 Å². The molecule has 0 bridgehead atoms. The molecule has 0 unspecified atom stereocenters. The van der Waals surface area contributed by atoms with Crippen LogP contribution in [0.25, 0.3) is 11.4 Å². The Morgan fingerprint density at radius 2 is 1.94 bits per heavy atom. The highest BCUT2D eigenvalue weighted by Crippen LogP contribution is 2.22. The monoisotopic (exact) mass is 280 g/mol. The van der Waals surface area contributed by atoms with Gasteiger partial charge in [-0.2, -0.15) is 0 Å². The number of hydrogen-bond acceptors (Lipinski definition) is 2. The van der Waals surface area contributed by atoms with E-state index in [1.54, 1.807) is 0 Å². The van der Waals surface area contributed by atoms with Crippen molar-refractivity contribution >= 4 is 15.9 Å². The van der Waals surface area contributed by atoms with Gasteiger partial charge >= 0.3 is 0 Å². The van der Waals surface area contributed by atoms with E-state index < -0.39 is 0 Å². The number of halogens is 1. The van der Waals surface area contributed by atoms with E-state index in [0.29, 0.717) is 0 Å². The van der Waals surface area contributed by atoms with Gasteiger partial charge in [-0.3, -0.25) is 0 Å². The molecule has 0 amide bonds. The van der Waals surface area contributed by atoms with Gasteiger partial charge in [-0.15, -0.1) is 0 Å². The van der Waals surface area contributed by atoms with Crippen LogP contribution in [0.5, 0.6) is 0 Å². The number of rotatable bonds is 2. The molecule has 84 valence electrons. The second-order valence-corrected chi connectivity index (χ2v) is 4.61. The standard InChI is InChI=1S/C12H13BrN2O/c1-8-11(7-16)15(2)12(14-8)9-3-5-10(13)6-4-9/h3-6,16H,7H2,1-2H3. The van der Waals surface area contributed by atoms with Crippen molar-refractivity contribution in [2.24, 2.45) is 7.05 Å². The summed E-state index contributed by atoms with van der Waals surface area (Å²) in [6.07, 6.45) is 0. The van der Waals surface area contributed by atoms with E-state index in [4.69, 9.17) is 0 Å². The molecule has 0 spiro atoms. The summed E-state index contributed by atoms with van der Waals surface area (Å²) in [6.45, 7) is 1.93. The van der Waals surface area contributed by atoms with Crippen LogP contribution in [0, 0.1) is 6.92 Å². The number of hydrogen-bond donors (Lipinski definition) is 1. The molecule has 0 aliphatic rings. The lowest BCUT2D eigenvalue weighted by Gasteiger charge is -2.04. The summed E-state index contributed by atoms with van der Waals surface area (Å²) in [5.74, 6) is 0.883. The number of nitrogens with zero attached hydrogens (tertiary/aromatic N) is 2. The highest BCUT2D eigenvalue weighted by Gasteiger charge is 2.11. The average molecular weight is 281 g/mol. The summed E-state index contributed by atoms with van der Waals surface area (Å²) in [5.41, 5.74) is 2.79. The van der Waals surface area contributed by atoms with E-state index in [9.17, 15) is 5.11 Å². The van der Waals surface area contributed by atoms with Crippen molar-refractivity contribution in [3.63, 3.8) is 0 Å². The summed E-state index contributed by atoms with van der Waals surface area (Å²) in [4.78, 5) is 4.47. The van der Waals surface area contributed by atoms with E-state index in [0.717, 1.165) is 27.2 Å². The first kappa shape index (κ1) is 11.4. The van der Waals surface area contributed by atoms with Crippen LogP contribution in [0.2, 0.25) is 0 Å². The second kappa shape index (κ2) is 4.39. The maximum absolute atomic E-state index is 9.24. The molecule has 1 aromatic heterocycles. The summed E-state index contributed by atoms with van der Waals surface area (Å²) < 4.78 is 2.98. The largest absolute Gasteiger partial charge is 0.390 e. The Morgan fingerprint density at radius 3 is 2.44 bits per heavy atom. The zero-order valence-electron chi connectivity index (χ0n) is 9.24. The number of aliphatic hydroxyl groups excluding tert-OH is 1. The SMILES string of the molecule is Cc1nc(-c2ccc(Br)cc2)n(C)c1CO. The molecule has 0 aliphatic heterocycles. The van der Waals surface area contributed by atoms with Gasteiger partial charge in [-0.05, 0) is 19.1 Å². The summed E-state index contributed by atoms with van der Waals surface area (Å²) >= 11 is 3.40. The molecule has 2 rings (SSSR count). The van der Waals surface area contributed by atoms with E-state index >= 15 is 0 Å². The fourth-order valence-electron chi connectivity index (χ4n) is 1.75. The first-order chi connectivity index (χ1) is 7.63. The molecule has 2 aromatic rings. The van der Waals surface area contributed by atoms with E-state index in [1.807, 2.05) is 42.8 Å². The normalized spacial score (nSPS) is 10.8. The first-order valence-electron chi connectivity index (χ1n) is 5.02. The maximum Gasteiger partial charge on any atom is 0.140 e. The van der Waals surface area contributed by atoms with Gasteiger partial charge in [0, 0.05) is 17.1 Å². The van der Waals surface area contributed by atoms with Crippen LogP contribution in [0.15, 0.2) is 28.7 Å². The molecule has 1 heterocycles. The van der Waals surface area contributed by atoms with Crippen LogP contribution in [0.4, 0.5) is 0 Å². The Bertz CT molecular complexity index is 502. The zero-order valence-corrected chi connectivity index (χ0v) is 10.8. The molecule has 16 heavy (non-hydrogen) atoms. The highest BCUT2D eigenvalue weighted by molar-refractivity contribution is 9.10. The van der Waals surface area contributed by atoms with Crippen LogP contribution < -0.4 is 0 Å². The number of benzene rings is 1. The van der Waals surface area contributed by atoms with Gasteiger partial charge in [-0.25, -0.2) is 4.98 Å². The third-order valence-electron chi connectivity index (χ3n) is 2.67. The predicted octanol–water partition coefficient (Wildman–Crippen LogP) is 2.65. The molecular formula is C12H13BrN2O. The van der Waals surface area contributed by atoms with Crippen molar-refractivity contribution in [1.82, 2.24) is 9.55 Å². The molecule has 4 heteroatoms. The van der Waals surface area contributed by atoms with E-state index in [-0.39, 0.29) is 6.61 Å². The third-order valence-corrected chi connectivity index (χ3v) is 3.19. The Hall–Kier alpha value is -1.13. The molecule has 0 saturated heterocycles. The lowest BCUT2D eigenvalue weighted by atomic mass is 10.2. The van der Waals surface area contributed by atoms with Crippen LogP contribution in [-0.2, 0) is 13.7 Å². The summed E-state index contributed by atoms with van der Waals surface area (Å²) in [6, 6.07) is 7.98. The van der Waals surface area contributed by atoms with Gasteiger partial charge in [0.2, 0.25) is 0 Å². The van der Waals surface area contributed by atoms with E-state index in [2.05, 4.69) is 20.9 Å². The van der Waals surface area contributed by atoms with Gasteiger partial charge in [0.05, 0.1) is 18.0 Å².